The molecular weight excluding hydrogens is 699 g/mol. The lowest BCUT2D eigenvalue weighted by atomic mass is 10.1. The molecule has 0 fully saturated rings. The summed E-state index contributed by atoms with van der Waals surface area (Å²) in [5, 5.41) is 1.31. The van der Waals surface area contributed by atoms with Crippen LogP contribution in [0.1, 0.15) is 13.7 Å². The fraction of sp³-hybridized carbons (Fsp3) is 0. The second-order valence-electron chi connectivity index (χ2n) is 13.7. The topological polar surface area (TPSA) is 61.7 Å². The highest BCUT2D eigenvalue weighted by atomic mass is 16.3. The standard InChI is InChI=1S/C51H31N5O/c1-4-15-32(16-5-1)49-52-50(33-17-6-2-7-18-33)54-51(53-49)34-27-30-44-40(31-34)46-43(25-14-26-45(46)57-44)56-42-24-13-11-22-37(42)39-29-28-38-36-21-10-12-23-41(36)55(47(38)48(39)56)35-19-8-3-9-20-35/h1-31H/i10D,11D,12D,13D,21D,22D,23D,24D,28D,29D. The van der Waals surface area contributed by atoms with Gasteiger partial charge in [-0.1, -0.05) is 133 Å². The number of fused-ring (bicyclic) bond motifs is 10. The van der Waals surface area contributed by atoms with E-state index in [1.807, 2.05) is 84.9 Å². The Balaban J connectivity index is 1.26. The van der Waals surface area contributed by atoms with Gasteiger partial charge in [-0.25, -0.2) is 15.0 Å². The number of para-hydroxylation sites is 3. The second kappa shape index (κ2) is 12.3. The predicted molar refractivity (Wildman–Crippen MR) is 232 cm³/mol. The maximum Gasteiger partial charge on any atom is 0.164 e. The molecule has 0 aliphatic carbocycles. The van der Waals surface area contributed by atoms with Crippen LogP contribution in [-0.2, 0) is 0 Å². The van der Waals surface area contributed by atoms with Gasteiger partial charge in [-0.2, -0.15) is 0 Å². The first kappa shape index (κ1) is 23.2. The molecule has 8 aromatic carbocycles. The Kier molecular flexibility index (Phi) is 5.02. The van der Waals surface area contributed by atoms with Crippen molar-refractivity contribution in [2.24, 2.45) is 0 Å². The largest absolute Gasteiger partial charge is 0.456 e. The van der Waals surface area contributed by atoms with E-state index in [0.29, 0.717) is 56.3 Å². The first-order chi connectivity index (χ1) is 32.4. The van der Waals surface area contributed by atoms with E-state index in [1.165, 1.54) is 0 Å². The summed E-state index contributed by atoms with van der Waals surface area (Å²) < 4.78 is 102. The van der Waals surface area contributed by atoms with Gasteiger partial charge >= 0.3 is 0 Å². The third kappa shape index (κ3) is 4.81. The van der Waals surface area contributed by atoms with Crippen molar-refractivity contribution in [3.8, 4) is 45.5 Å². The van der Waals surface area contributed by atoms with Crippen LogP contribution in [0.4, 0.5) is 0 Å². The summed E-state index contributed by atoms with van der Waals surface area (Å²) in [7, 11) is 0. The Bertz CT molecular complexity index is 4040. The van der Waals surface area contributed by atoms with E-state index in [2.05, 4.69) is 0 Å². The molecule has 0 N–H and O–H groups in total. The van der Waals surface area contributed by atoms with Crippen LogP contribution >= 0.6 is 0 Å². The van der Waals surface area contributed by atoms with E-state index < -0.39 is 42.3 Å². The van der Waals surface area contributed by atoms with Gasteiger partial charge in [0.05, 0.1) is 46.8 Å². The quantitative estimate of drug-likeness (QED) is 0.176. The molecule has 0 radical (unpaired) electrons. The van der Waals surface area contributed by atoms with Crippen molar-refractivity contribution in [1.82, 2.24) is 24.1 Å². The summed E-state index contributed by atoms with van der Waals surface area (Å²) in [6.07, 6.45) is 0. The van der Waals surface area contributed by atoms with E-state index in [9.17, 15) is 8.22 Å². The Labute approximate surface area is 340 Å². The number of aromatic nitrogens is 5. The summed E-state index contributed by atoms with van der Waals surface area (Å²) in [6.45, 7) is 0. The highest BCUT2D eigenvalue weighted by Gasteiger charge is 2.23. The van der Waals surface area contributed by atoms with Crippen molar-refractivity contribution in [2.45, 2.75) is 0 Å². The van der Waals surface area contributed by atoms with Crippen LogP contribution in [0.2, 0.25) is 0 Å². The molecule has 0 saturated heterocycles. The molecule has 6 heteroatoms. The Morgan fingerprint density at radius 1 is 0.421 bits per heavy atom. The number of benzene rings is 8. The van der Waals surface area contributed by atoms with Crippen LogP contribution in [0.15, 0.2) is 192 Å². The molecular formula is C51H31N5O. The Morgan fingerprint density at radius 2 is 0.965 bits per heavy atom. The van der Waals surface area contributed by atoms with Crippen molar-refractivity contribution in [1.29, 1.82) is 0 Å². The molecule has 6 nitrogen and oxygen atoms in total. The molecule has 12 rings (SSSR count). The monoisotopic (exact) mass is 739 g/mol. The van der Waals surface area contributed by atoms with Gasteiger partial charge in [-0.05, 0) is 54.5 Å². The zero-order chi connectivity index (χ0) is 46.2. The Morgan fingerprint density at radius 3 is 1.60 bits per heavy atom. The van der Waals surface area contributed by atoms with E-state index in [4.69, 9.17) is 24.9 Å². The molecule has 0 amide bonds. The average molecular weight is 740 g/mol. The first-order valence-corrected chi connectivity index (χ1v) is 18.3. The zero-order valence-electron chi connectivity index (χ0n) is 39.8. The fourth-order valence-electron chi connectivity index (χ4n) is 7.96. The summed E-state index contributed by atoms with van der Waals surface area (Å²) in [6, 6.07) is 34.8. The molecule has 0 spiro atoms. The molecule has 0 unspecified atom stereocenters. The molecule has 0 atom stereocenters. The molecule has 0 aliphatic heterocycles. The Hall–Kier alpha value is -7.83. The zero-order valence-corrected chi connectivity index (χ0v) is 29.8. The van der Waals surface area contributed by atoms with E-state index in [0.717, 1.165) is 11.1 Å². The average Bonchev–Trinajstić information content (AvgIpc) is 4.05. The normalized spacial score (nSPS) is 14.3. The lowest BCUT2D eigenvalue weighted by Gasteiger charge is -2.13. The molecule has 4 heterocycles. The van der Waals surface area contributed by atoms with Crippen LogP contribution in [0, 0.1) is 0 Å². The summed E-state index contributed by atoms with van der Waals surface area (Å²) in [5.74, 6) is 1.34. The summed E-state index contributed by atoms with van der Waals surface area (Å²) in [5.41, 5.74) is 4.58. The van der Waals surface area contributed by atoms with Gasteiger partial charge in [0.25, 0.3) is 0 Å². The minimum atomic E-state index is -0.524. The van der Waals surface area contributed by atoms with Crippen molar-refractivity contribution in [3.63, 3.8) is 0 Å². The fourth-order valence-corrected chi connectivity index (χ4v) is 7.96. The van der Waals surface area contributed by atoms with Gasteiger partial charge in [-0.15, -0.1) is 0 Å². The van der Waals surface area contributed by atoms with Crippen LogP contribution in [0.5, 0.6) is 0 Å². The summed E-state index contributed by atoms with van der Waals surface area (Å²) >= 11 is 0. The van der Waals surface area contributed by atoms with Crippen LogP contribution < -0.4 is 0 Å². The van der Waals surface area contributed by atoms with Gasteiger partial charge in [-0.3, -0.25) is 0 Å². The molecule has 0 aliphatic rings. The SMILES string of the molecule is [2H]c1c([2H])c([2H])c2c(c1[2H])c1c([2H])c([2H])c3c4c([2H])c([2H])c([2H])c([2H])c4n(-c4cccc5oc6ccc(-c7nc(-c8ccccc8)nc(-c8ccccc8)n7)cc6c45)c3c1n2-c1ccccc1. The van der Waals surface area contributed by atoms with Crippen molar-refractivity contribution >= 4 is 65.6 Å². The molecule has 0 saturated carbocycles. The van der Waals surface area contributed by atoms with Gasteiger partial charge in [0.2, 0.25) is 0 Å². The number of furan rings is 1. The lowest BCUT2D eigenvalue weighted by molar-refractivity contribution is 0.669. The second-order valence-corrected chi connectivity index (χ2v) is 13.7. The molecule has 4 aromatic heterocycles. The number of hydrogen-bond acceptors (Lipinski definition) is 4. The van der Waals surface area contributed by atoms with Crippen LogP contribution in [0.3, 0.4) is 0 Å². The smallest absolute Gasteiger partial charge is 0.164 e. The van der Waals surface area contributed by atoms with Crippen LogP contribution in [0.25, 0.3) is 111 Å². The summed E-state index contributed by atoms with van der Waals surface area (Å²) in [4.78, 5) is 14.8. The van der Waals surface area contributed by atoms with Crippen molar-refractivity contribution in [2.75, 3.05) is 0 Å². The minimum Gasteiger partial charge on any atom is -0.456 e. The number of nitrogens with zero attached hydrogens (tertiary/aromatic N) is 5. The third-order valence-electron chi connectivity index (χ3n) is 10.4. The van der Waals surface area contributed by atoms with E-state index in [-0.39, 0.29) is 61.7 Å². The van der Waals surface area contributed by atoms with Crippen molar-refractivity contribution < 1.29 is 18.1 Å². The maximum atomic E-state index is 9.68. The lowest BCUT2D eigenvalue weighted by Crippen LogP contribution is -2.00. The van der Waals surface area contributed by atoms with Gasteiger partial charge < -0.3 is 13.6 Å². The van der Waals surface area contributed by atoms with Gasteiger partial charge in [0, 0.05) is 49.3 Å². The third-order valence-corrected chi connectivity index (χ3v) is 10.4. The molecule has 57 heavy (non-hydrogen) atoms. The molecule has 12 aromatic rings. The van der Waals surface area contributed by atoms with Crippen LogP contribution in [-0.4, -0.2) is 24.1 Å². The van der Waals surface area contributed by atoms with E-state index in [1.54, 1.807) is 51.6 Å². The van der Waals surface area contributed by atoms with Crippen molar-refractivity contribution in [3.05, 3.63) is 188 Å². The number of rotatable bonds is 5. The van der Waals surface area contributed by atoms with Gasteiger partial charge in [0.15, 0.2) is 17.5 Å². The maximum absolute atomic E-state index is 9.68. The highest BCUT2D eigenvalue weighted by Crippen LogP contribution is 2.44. The van der Waals surface area contributed by atoms with E-state index >= 15 is 0 Å². The molecule has 0 bridgehead atoms. The first-order valence-electron chi connectivity index (χ1n) is 23.3. The van der Waals surface area contributed by atoms with Gasteiger partial charge in [0.1, 0.15) is 11.2 Å². The minimum absolute atomic E-state index is 0.00313. The highest BCUT2D eigenvalue weighted by molar-refractivity contribution is 6.24. The molecule has 266 valence electrons. The predicted octanol–water partition coefficient (Wildman–Crippen LogP) is 13.0. The number of hydrogen-bond donors (Lipinski definition) is 0.